The molecule has 1 saturated carbocycles. The predicted octanol–water partition coefficient (Wildman–Crippen LogP) is 4.22. The highest BCUT2D eigenvalue weighted by Crippen LogP contribution is 2.44. The normalized spacial score (nSPS) is 18.6. The van der Waals surface area contributed by atoms with Crippen LogP contribution in [0.1, 0.15) is 59.8 Å². The van der Waals surface area contributed by atoms with Crippen molar-refractivity contribution >= 4 is 21.8 Å². The Morgan fingerprint density at radius 2 is 1.78 bits per heavy atom. The van der Waals surface area contributed by atoms with Crippen molar-refractivity contribution in [1.29, 1.82) is 0 Å². The number of hydrogen-bond acceptors (Lipinski definition) is 1. The van der Waals surface area contributed by atoms with Gasteiger partial charge in [-0.2, -0.15) is 0 Å². The molecule has 2 nitrogen and oxygen atoms in total. The monoisotopic (exact) mass is 317 g/mol. The summed E-state index contributed by atoms with van der Waals surface area (Å²) >= 11 is 3.47. The lowest BCUT2D eigenvalue weighted by molar-refractivity contribution is -0.144. The van der Waals surface area contributed by atoms with E-state index in [0.29, 0.717) is 17.9 Å². The van der Waals surface area contributed by atoms with E-state index in [1.165, 1.54) is 12.8 Å². The largest absolute Gasteiger partial charge is 0.339 e. The zero-order valence-corrected chi connectivity index (χ0v) is 13.9. The molecule has 0 aliphatic heterocycles. The summed E-state index contributed by atoms with van der Waals surface area (Å²) in [5.74, 6) is 1.01. The lowest BCUT2D eigenvalue weighted by Crippen LogP contribution is -2.47. The minimum absolute atomic E-state index is 0.0550. The number of nitrogens with zero attached hydrogens (tertiary/aromatic N) is 1. The molecule has 1 rings (SSSR count). The predicted molar refractivity (Wildman–Crippen MR) is 81.0 cm³/mol. The summed E-state index contributed by atoms with van der Waals surface area (Å²) in [5, 5.41) is 0.870. The zero-order chi connectivity index (χ0) is 13.8. The molecule has 0 unspecified atom stereocenters. The van der Waals surface area contributed by atoms with Gasteiger partial charge in [0, 0.05) is 23.3 Å². The third-order valence-electron chi connectivity index (χ3n) is 4.02. The molecule has 0 heterocycles. The number of halogens is 1. The van der Waals surface area contributed by atoms with Crippen molar-refractivity contribution in [3.05, 3.63) is 0 Å². The average Bonchev–Trinajstić information content (AvgIpc) is 2.73. The Morgan fingerprint density at radius 1 is 1.22 bits per heavy atom. The summed E-state index contributed by atoms with van der Waals surface area (Å²) < 4.78 is 0. The van der Waals surface area contributed by atoms with Gasteiger partial charge in [-0.15, -0.1) is 0 Å². The first-order valence-electron chi connectivity index (χ1n) is 7.30. The Kier molecular flexibility index (Phi) is 6.16. The first-order valence-corrected chi connectivity index (χ1v) is 8.42. The minimum Gasteiger partial charge on any atom is -0.339 e. The van der Waals surface area contributed by atoms with Gasteiger partial charge >= 0.3 is 0 Å². The van der Waals surface area contributed by atoms with Crippen molar-refractivity contribution in [2.75, 3.05) is 11.9 Å². The van der Waals surface area contributed by atoms with Crippen molar-refractivity contribution < 1.29 is 4.79 Å². The summed E-state index contributed by atoms with van der Waals surface area (Å²) in [4.78, 5) is 15.0. The molecule has 0 atom stereocenters. The van der Waals surface area contributed by atoms with Crippen LogP contribution in [-0.4, -0.2) is 28.7 Å². The van der Waals surface area contributed by atoms with Crippen LogP contribution in [0.15, 0.2) is 0 Å². The quantitative estimate of drug-likeness (QED) is 0.671. The van der Waals surface area contributed by atoms with Gasteiger partial charge in [0.25, 0.3) is 0 Å². The van der Waals surface area contributed by atoms with E-state index >= 15 is 0 Å². The van der Waals surface area contributed by atoms with Crippen molar-refractivity contribution in [2.45, 2.75) is 65.8 Å². The molecule has 18 heavy (non-hydrogen) atoms. The Labute approximate surface area is 121 Å². The van der Waals surface area contributed by atoms with E-state index in [0.717, 1.165) is 31.1 Å². The molecule has 1 aliphatic carbocycles. The van der Waals surface area contributed by atoms with E-state index < -0.39 is 0 Å². The second kappa shape index (κ2) is 6.93. The molecular formula is C15H28BrNO. The molecule has 1 amide bonds. The first kappa shape index (κ1) is 16.0. The maximum absolute atomic E-state index is 12.9. The fraction of sp³-hybridized carbons (Fsp3) is 0.933. The van der Waals surface area contributed by atoms with Crippen LogP contribution in [0.5, 0.6) is 0 Å². The van der Waals surface area contributed by atoms with E-state index in [2.05, 4.69) is 48.5 Å². The van der Waals surface area contributed by atoms with E-state index in [4.69, 9.17) is 0 Å². The molecule has 0 N–H and O–H groups in total. The smallest absolute Gasteiger partial charge is 0.229 e. The summed E-state index contributed by atoms with van der Waals surface area (Å²) in [6, 6.07) is 0.305. The van der Waals surface area contributed by atoms with E-state index in [-0.39, 0.29) is 5.41 Å². The highest BCUT2D eigenvalue weighted by atomic mass is 79.9. The molecule has 0 spiro atoms. The van der Waals surface area contributed by atoms with Gasteiger partial charge in [0.05, 0.1) is 0 Å². The van der Waals surface area contributed by atoms with Gasteiger partial charge in [-0.25, -0.2) is 0 Å². The van der Waals surface area contributed by atoms with Crippen LogP contribution in [0.25, 0.3) is 0 Å². The Hall–Kier alpha value is -0.0500. The standard InChI is InChI=1S/C15H28BrNO/c1-12(2)11-15(7-5-6-8-15)14(18)17(10-9-16)13(3)4/h12-13H,5-11H2,1-4H3. The number of carbonyl (C=O) groups is 1. The summed E-state index contributed by atoms with van der Waals surface area (Å²) in [5.41, 5.74) is -0.0550. The highest BCUT2D eigenvalue weighted by Gasteiger charge is 2.43. The molecular weight excluding hydrogens is 290 g/mol. The molecule has 0 aromatic carbocycles. The molecule has 106 valence electrons. The van der Waals surface area contributed by atoms with Crippen LogP contribution in [0.4, 0.5) is 0 Å². The number of amides is 1. The number of hydrogen-bond donors (Lipinski definition) is 0. The second-order valence-electron chi connectivity index (χ2n) is 6.37. The first-order chi connectivity index (χ1) is 8.43. The minimum atomic E-state index is -0.0550. The Balaban J connectivity index is 2.87. The topological polar surface area (TPSA) is 20.3 Å². The van der Waals surface area contributed by atoms with Crippen LogP contribution < -0.4 is 0 Å². The highest BCUT2D eigenvalue weighted by molar-refractivity contribution is 9.09. The maximum atomic E-state index is 12.9. The lowest BCUT2D eigenvalue weighted by Gasteiger charge is -2.37. The van der Waals surface area contributed by atoms with Crippen molar-refractivity contribution in [1.82, 2.24) is 4.90 Å². The van der Waals surface area contributed by atoms with Crippen LogP contribution >= 0.6 is 15.9 Å². The third-order valence-corrected chi connectivity index (χ3v) is 4.38. The van der Waals surface area contributed by atoms with Crippen molar-refractivity contribution in [3.8, 4) is 0 Å². The van der Waals surface area contributed by atoms with Crippen LogP contribution in [-0.2, 0) is 4.79 Å². The van der Waals surface area contributed by atoms with Crippen molar-refractivity contribution in [2.24, 2.45) is 11.3 Å². The Morgan fingerprint density at radius 3 is 2.17 bits per heavy atom. The van der Waals surface area contributed by atoms with Gasteiger partial charge in [0.1, 0.15) is 0 Å². The van der Waals surface area contributed by atoms with Gasteiger partial charge in [0.15, 0.2) is 0 Å². The molecule has 0 saturated heterocycles. The maximum Gasteiger partial charge on any atom is 0.229 e. The van der Waals surface area contributed by atoms with E-state index in [9.17, 15) is 4.79 Å². The molecule has 0 aromatic heterocycles. The average molecular weight is 318 g/mol. The van der Waals surface area contributed by atoms with Gasteiger partial charge in [-0.1, -0.05) is 42.6 Å². The second-order valence-corrected chi connectivity index (χ2v) is 7.16. The zero-order valence-electron chi connectivity index (χ0n) is 12.3. The fourth-order valence-electron chi connectivity index (χ4n) is 3.33. The molecule has 1 fully saturated rings. The molecule has 0 bridgehead atoms. The van der Waals surface area contributed by atoms with Crippen LogP contribution in [0.2, 0.25) is 0 Å². The van der Waals surface area contributed by atoms with E-state index in [1.54, 1.807) is 0 Å². The van der Waals surface area contributed by atoms with Crippen molar-refractivity contribution in [3.63, 3.8) is 0 Å². The van der Waals surface area contributed by atoms with Crippen LogP contribution in [0, 0.1) is 11.3 Å². The SMILES string of the molecule is CC(C)CC1(C(=O)N(CCBr)C(C)C)CCCC1. The fourth-order valence-corrected chi connectivity index (χ4v) is 3.71. The molecule has 1 aliphatic rings. The van der Waals surface area contributed by atoms with Crippen LogP contribution in [0.3, 0.4) is 0 Å². The van der Waals surface area contributed by atoms with Gasteiger partial charge in [-0.05, 0) is 39.0 Å². The molecule has 0 aromatic rings. The lowest BCUT2D eigenvalue weighted by atomic mass is 9.77. The summed E-state index contributed by atoms with van der Waals surface area (Å²) in [6.07, 6.45) is 5.68. The van der Waals surface area contributed by atoms with Gasteiger partial charge < -0.3 is 4.90 Å². The molecule has 3 heteroatoms. The Bertz CT molecular complexity index is 270. The summed E-state index contributed by atoms with van der Waals surface area (Å²) in [7, 11) is 0. The molecule has 0 radical (unpaired) electrons. The number of rotatable bonds is 6. The number of carbonyl (C=O) groups excluding carboxylic acids is 1. The van der Waals surface area contributed by atoms with Gasteiger partial charge in [0.2, 0.25) is 5.91 Å². The third kappa shape index (κ3) is 3.72. The van der Waals surface area contributed by atoms with Gasteiger partial charge in [-0.3, -0.25) is 4.79 Å². The van der Waals surface area contributed by atoms with E-state index in [1.807, 2.05) is 0 Å². The summed E-state index contributed by atoms with van der Waals surface area (Å²) in [6.45, 7) is 9.54. The number of alkyl halides is 1.